The summed E-state index contributed by atoms with van der Waals surface area (Å²) in [5.41, 5.74) is -5.64. The van der Waals surface area contributed by atoms with Gasteiger partial charge in [-0.3, -0.25) is 24.1 Å². The number of aromatic nitrogens is 1. The van der Waals surface area contributed by atoms with Gasteiger partial charge < -0.3 is 15.0 Å². The maximum Gasteiger partial charge on any atom is 0.511 e. The zero-order chi connectivity index (χ0) is 40.6. The molecule has 1 aromatic carbocycles. The highest BCUT2D eigenvalue weighted by Gasteiger charge is 2.46. The monoisotopic (exact) mass is 801 g/mol. The molecule has 1 aromatic heterocycles. The molecule has 0 spiro atoms. The molecule has 0 saturated carbocycles. The highest BCUT2D eigenvalue weighted by atomic mass is 32.2. The summed E-state index contributed by atoms with van der Waals surface area (Å²) >= 11 is 1.03. The number of carbonyl (C=O) groups excluding carboxylic acids is 4. The van der Waals surface area contributed by atoms with E-state index in [9.17, 15) is 40.8 Å². The maximum absolute atomic E-state index is 14.2. The Labute approximate surface area is 320 Å². The predicted molar refractivity (Wildman–Crippen MR) is 200 cm³/mol. The number of Topliss-reactive ketones (excluding diaryl/α,β-unsaturated/α-hetero) is 1. The molecule has 12 nitrogen and oxygen atoms in total. The standard InChI is InChI=1S/C37H54F3N5O7S2/c1-9-24(4)28(19-32(47)36(6)16-13-17-44(36)7)35(49)45(8)30(23(2)3)20-31(52-25(5)46)34-43-29(22-53-34)33(48)42-27(18-26-14-11-10-12-15-26)21-41-54(50,51)37(38,39)40/h10-12,14-15,22-24,27-28,30-31,41H,9,13,16-21H2,1-8H3,(H,42,48)/t24-,27-,28-,30+,31+,36+/m0/s1. The Morgan fingerprint density at radius 2 is 1.78 bits per heavy atom. The average molecular weight is 802 g/mol. The fourth-order valence-corrected chi connectivity index (χ4v) is 8.20. The van der Waals surface area contributed by atoms with E-state index in [1.807, 2.05) is 41.7 Å². The number of alkyl halides is 3. The zero-order valence-electron chi connectivity index (χ0n) is 32.2. The second-order valence-electron chi connectivity index (χ2n) is 14.7. The number of likely N-dealkylation sites (tertiary alicyclic amines) is 1. The van der Waals surface area contributed by atoms with E-state index in [0.717, 1.165) is 30.7 Å². The van der Waals surface area contributed by atoms with Gasteiger partial charge >= 0.3 is 21.5 Å². The molecule has 1 aliphatic heterocycles. The second kappa shape index (κ2) is 19.0. The minimum Gasteiger partial charge on any atom is -0.455 e. The van der Waals surface area contributed by atoms with Gasteiger partial charge in [0.15, 0.2) is 11.9 Å². The summed E-state index contributed by atoms with van der Waals surface area (Å²) in [6.07, 6.45) is 1.61. The smallest absolute Gasteiger partial charge is 0.455 e. The number of carbonyl (C=O) groups is 4. The van der Waals surface area contributed by atoms with E-state index in [-0.39, 0.29) is 53.5 Å². The van der Waals surface area contributed by atoms with Crippen molar-refractivity contribution in [2.75, 3.05) is 27.2 Å². The number of halogens is 3. The largest absolute Gasteiger partial charge is 0.511 e. The lowest BCUT2D eigenvalue weighted by Gasteiger charge is -2.38. The van der Waals surface area contributed by atoms with Crippen LogP contribution in [0.25, 0.3) is 0 Å². The number of sulfonamides is 1. The summed E-state index contributed by atoms with van der Waals surface area (Å²) in [5, 5.41) is 4.24. The van der Waals surface area contributed by atoms with Crippen LogP contribution in [0.15, 0.2) is 35.7 Å². The first kappa shape index (κ1) is 45.0. The number of amides is 2. The van der Waals surface area contributed by atoms with E-state index in [0.29, 0.717) is 12.0 Å². The Balaban J connectivity index is 1.84. The van der Waals surface area contributed by atoms with Gasteiger partial charge in [0.2, 0.25) is 5.91 Å². The molecule has 3 rings (SSSR count). The highest BCUT2D eigenvalue weighted by molar-refractivity contribution is 7.90. The fourth-order valence-electron chi connectivity index (χ4n) is 6.77. The minimum atomic E-state index is -5.67. The molecule has 1 aliphatic rings. The molecule has 2 N–H and O–H groups in total. The van der Waals surface area contributed by atoms with Gasteiger partial charge in [-0.2, -0.15) is 13.2 Å². The van der Waals surface area contributed by atoms with Crippen LogP contribution in [0.5, 0.6) is 0 Å². The van der Waals surface area contributed by atoms with Crippen molar-refractivity contribution in [3.8, 4) is 0 Å². The number of esters is 1. The Morgan fingerprint density at radius 3 is 2.31 bits per heavy atom. The number of benzene rings is 1. The van der Waals surface area contributed by atoms with Gasteiger partial charge in [-0.15, -0.1) is 11.3 Å². The third kappa shape index (κ3) is 11.6. The van der Waals surface area contributed by atoms with Gasteiger partial charge in [-0.05, 0) is 57.2 Å². The van der Waals surface area contributed by atoms with Crippen LogP contribution >= 0.6 is 11.3 Å². The van der Waals surface area contributed by atoms with Crippen molar-refractivity contribution >= 4 is 44.9 Å². The number of hydrogen-bond donors (Lipinski definition) is 2. The van der Waals surface area contributed by atoms with E-state index in [1.165, 1.54) is 17.0 Å². The van der Waals surface area contributed by atoms with Gasteiger partial charge in [0, 0.05) is 56.7 Å². The van der Waals surface area contributed by atoms with Crippen LogP contribution in [-0.2, 0) is 35.6 Å². The Hall–Kier alpha value is -3.41. The highest BCUT2D eigenvalue weighted by Crippen LogP contribution is 2.35. The van der Waals surface area contributed by atoms with Crippen molar-refractivity contribution in [2.24, 2.45) is 17.8 Å². The second-order valence-corrected chi connectivity index (χ2v) is 17.4. The quantitative estimate of drug-likeness (QED) is 0.175. The van der Waals surface area contributed by atoms with Crippen LogP contribution < -0.4 is 10.0 Å². The van der Waals surface area contributed by atoms with Crippen LogP contribution in [-0.4, -0.2) is 97.1 Å². The number of thiazole rings is 1. The molecule has 0 aliphatic carbocycles. The molecule has 0 unspecified atom stereocenters. The molecule has 6 atom stereocenters. The van der Waals surface area contributed by atoms with Gasteiger partial charge in [0.05, 0.1) is 5.54 Å². The van der Waals surface area contributed by atoms with E-state index >= 15 is 0 Å². The fraction of sp³-hybridized carbons (Fsp3) is 0.649. The molecule has 302 valence electrons. The first-order valence-corrected chi connectivity index (χ1v) is 20.5. The number of ketones is 1. The van der Waals surface area contributed by atoms with Crippen molar-refractivity contribution < 1.29 is 45.5 Å². The summed E-state index contributed by atoms with van der Waals surface area (Å²) in [7, 11) is -2.06. The van der Waals surface area contributed by atoms with E-state index in [2.05, 4.69) is 15.2 Å². The van der Waals surface area contributed by atoms with Crippen LogP contribution in [0.1, 0.15) is 101 Å². The third-order valence-electron chi connectivity index (χ3n) is 10.5. The molecule has 0 radical (unpaired) electrons. The Kier molecular flexibility index (Phi) is 15.8. The first-order valence-electron chi connectivity index (χ1n) is 18.2. The van der Waals surface area contributed by atoms with Gasteiger partial charge in [-0.25, -0.2) is 18.1 Å². The predicted octanol–water partition coefficient (Wildman–Crippen LogP) is 5.51. The molecule has 2 aromatic rings. The zero-order valence-corrected chi connectivity index (χ0v) is 33.9. The lowest BCUT2D eigenvalue weighted by atomic mass is 9.80. The van der Waals surface area contributed by atoms with Crippen LogP contribution in [0, 0.1) is 17.8 Å². The normalized spacial score (nSPS) is 19.5. The number of rotatable bonds is 19. The Bertz CT molecular complexity index is 1710. The Morgan fingerprint density at radius 1 is 1.13 bits per heavy atom. The average Bonchev–Trinajstić information content (AvgIpc) is 3.73. The molecule has 54 heavy (non-hydrogen) atoms. The molecule has 2 heterocycles. The van der Waals surface area contributed by atoms with Gasteiger partial charge in [0.25, 0.3) is 5.91 Å². The van der Waals surface area contributed by atoms with Crippen molar-refractivity contribution in [3.63, 3.8) is 0 Å². The third-order valence-corrected chi connectivity index (χ3v) is 12.6. The maximum atomic E-state index is 14.2. The lowest BCUT2D eigenvalue weighted by molar-refractivity contribution is -0.149. The van der Waals surface area contributed by atoms with Crippen LogP contribution in [0.2, 0.25) is 0 Å². The molecule has 0 bridgehead atoms. The summed E-state index contributed by atoms with van der Waals surface area (Å²) in [4.78, 5) is 61.7. The van der Waals surface area contributed by atoms with Crippen molar-refractivity contribution in [3.05, 3.63) is 52.0 Å². The van der Waals surface area contributed by atoms with Gasteiger partial charge in [0.1, 0.15) is 10.7 Å². The number of ether oxygens (including phenoxy) is 1. The molecular weight excluding hydrogens is 748 g/mol. The molecule has 1 fully saturated rings. The van der Waals surface area contributed by atoms with Crippen molar-refractivity contribution in [1.82, 2.24) is 24.8 Å². The van der Waals surface area contributed by atoms with Gasteiger partial charge in [-0.1, -0.05) is 64.4 Å². The molecule has 2 amide bonds. The number of hydrogen-bond acceptors (Lipinski definition) is 10. The molecular formula is C37H54F3N5O7S2. The molecule has 1 saturated heterocycles. The number of likely N-dealkylation sites (N-methyl/N-ethyl adjacent to an activating group) is 1. The number of nitrogens with one attached hydrogen (secondary N) is 2. The van der Waals surface area contributed by atoms with E-state index in [1.54, 1.807) is 42.3 Å². The summed E-state index contributed by atoms with van der Waals surface area (Å²) in [6, 6.07) is 6.96. The summed E-state index contributed by atoms with van der Waals surface area (Å²) < 4.78 is 69.8. The van der Waals surface area contributed by atoms with Crippen molar-refractivity contribution in [2.45, 2.75) is 109 Å². The van der Waals surface area contributed by atoms with E-state index < -0.39 is 63.6 Å². The summed E-state index contributed by atoms with van der Waals surface area (Å²) in [6.45, 7) is 11.0. The minimum absolute atomic E-state index is 0.00956. The lowest BCUT2D eigenvalue weighted by Crippen LogP contribution is -2.50. The van der Waals surface area contributed by atoms with Crippen LogP contribution in [0.3, 0.4) is 0 Å². The van der Waals surface area contributed by atoms with Crippen molar-refractivity contribution in [1.29, 1.82) is 0 Å². The topological polar surface area (TPSA) is 155 Å². The number of nitrogens with zero attached hydrogens (tertiary/aromatic N) is 3. The van der Waals surface area contributed by atoms with Crippen LogP contribution in [0.4, 0.5) is 13.2 Å². The molecule has 17 heteroatoms. The first-order chi connectivity index (χ1) is 25.1. The van der Waals surface area contributed by atoms with E-state index in [4.69, 9.17) is 4.74 Å². The SMILES string of the molecule is CC[C@H](C)[C@H](CC(=O)[C@@]1(C)CCCN1C)C(=O)N(C)[C@H](C[C@@H](OC(C)=O)c1nc(C(=O)N[C@H](CNS(=O)(=O)C(F)(F)F)Cc2ccccc2)cs1)C(C)C. The summed E-state index contributed by atoms with van der Waals surface area (Å²) in [5.74, 6) is -2.31.